The van der Waals surface area contributed by atoms with Crippen LogP contribution in [0.25, 0.3) is 4.98 Å². The van der Waals surface area contributed by atoms with E-state index in [9.17, 15) is 39.3 Å². The van der Waals surface area contributed by atoms with Crippen LogP contribution in [0.15, 0.2) is 47.4 Å². The molecule has 0 fully saturated rings. The topological polar surface area (TPSA) is 85.4 Å². The van der Waals surface area contributed by atoms with Gasteiger partial charge in [0.05, 0.1) is 16.0 Å². The van der Waals surface area contributed by atoms with Gasteiger partial charge < -0.3 is 4.55 Å². The zero-order chi connectivity index (χ0) is 21.0. The first kappa shape index (κ1) is 22.4. The van der Waals surface area contributed by atoms with Gasteiger partial charge in [-0.05, 0) is 25.1 Å². The molecule has 0 heterocycles. The molecule has 0 aromatic heterocycles. The minimum atomic E-state index is -4.93. The van der Waals surface area contributed by atoms with Crippen LogP contribution in [-0.2, 0) is 22.5 Å². The first-order chi connectivity index (χ1) is 12.1. The second-order valence-corrected chi connectivity index (χ2v) is 6.51. The zero-order valence-electron chi connectivity index (χ0n) is 13.3. The molecule has 0 bridgehead atoms. The number of nitrogens with zero attached hydrogens (tertiary/aromatic N) is 2. The highest BCUT2D eigenvalue weighted by molar-refractivity contribution is 7.85. The monoisotopic (exact) mass is 412 g/mol. The van der Waals surface area contributed by atoms with Gasteiger partial charge in [0.15, 0.2) is 4.98 Å². The minimum absolute atomic E-state index is 0.0469. The number of diazo groups is 1. The molecule has 0 N–H and O–H groups in total. The lowest BCUT2D eigenvalue weighted by molar-refractivity contribution is -0.143. The Kier molecular flexibility index (Phi) is 6.58. The smallest absolute Gasteiger partial charge is 0.416 e. The molecule has 0 atom stereocenters. The van der Waals surface area contributed by atoms with E-state index in [4.69, 9.17) is 5.39 Å². The maximum absolute atomic E-state index is 12.2. The average molecular weight is 412 g/mol. The molecule has 0 saturated carbocycles. The SMILES string of the molecule is Cc1ccc(S(=O)(=O)[O-])cc1.N#[N+]c1cc(C(F)(F)F)cc(C(F)(F)F)c1. The Labute approximate surface area is 149 Å². The molecule has 0 saturated heterocycles. The molecular formula is C15H10F6N2O3S. The first-order valence-corrected chi connectivity index (χ1v) is 8.22. The molecule has 12 heteroatoms. The van der Waals surface area contributed by atoms with Gasteiger partial charge in [0.25, 0.3) is 0 Å². The highest BCUT2D eigenvalue weighted by Crippen LogP contribution is 2.38. The van der Waals surface area contributed by atoms with E-state index in [0.29, 0.717) is 12.1 Å². The molecule has 0 aliphatic carbocycles. The first-order valence-electron chi connectivity index (χ1n) is 6.82. The third-order valence-electron chi connectivity index (χ3n) is 3.00. The summed E-state index contributed by atoms with van der Waals surface area (Å²) >= 11 is 0. The van der Waals surface area contributed by atoms with Gasteiger partial charge in [0, 0.05) is 12.1 Å². The average Bonchev–Trinajstić information content (AvgIpc) is 2.53. The van der Waals surface area contributed by atoms with Gasteiger partial charge in [-0.1, -0.05) is 17.7 Å². The van der Waals surface area contributed by atoms with Crippen molar-refractivity contribution in [2.45, 2.75) is 24.2 Å². The summed E-state index contributed by atoms with van der Waals surface area (Å²) in [5.41, 5.74) is -2.91. The fourth-order valence-corrected chi connectivity index (χ4v) is 2.17. The van der Waals surface area contributed by atoms with Crippen LogP contribution in [0.5, 0.6) is 0 Å². The summed E-state index contributed by atoms with van der Waals surface area (Å²) in [5, 5.41) is 8.21. The Balaban J connectivity index is 0.000000289. The molecule has 5 nitrogen and oxygen atoms in total. The van der Waals surface area contributed by atoms with Crippen LogP contribution in [0.4, 0.5) is 32.0 Å². The van der Waals surface area contributed by atoms with Crippen molar-refractivity contribution in [3.05, 3.63) is 64.1 Å². The summed E-state index contributed by atoms with van der Waals surface area (Å²) in [5.74, 6) is 0. The molecule has 0 radical (unpaired) electrons. The van der Waals surface area contributed by atoms with Crippen molar-refractivity contribution in [3.63, 3.8) is 0 Å². The molecule has 0 spiro atoms. The van der Waals surface area contributed by atoms with Gasteiger partial charge in [-0.3, -0.25) is 0 Å². The molecule has 2 rings (SSSR count). The largest absolute Gasteiger partial charge is 0.744 e. The Bertz CT molecular complexity index is 913. The third-order valence-corrected chi connectivity index (χ3v) is 3.85. The number of hydrogen-bond acceptors (Lipinski definition) is 4. The van der Waals surface area contributed by atoms with Crippen molar-refractivity contribution in [1.82, 2.24) is 0 Å². The number of benzene rings is 2. The summed E-state index contributed by atoms with van der Waals surface area (Å²) in [6.45, 7) is 1.82. The van der Waals surface area contributed by atoms with Crippen molar-refractivity contribution in [2.24, 2.45) is 0 Å². The predicted molar refractivity (Wildman–Crippen MR) is 80.3 cm³/mol. The van der Waals surface area contributed by atoms with Crippen molar-refractivity contribution in [1.29, 1.82) is 5.39 Å². The fraction of sp³-hybridized carbons (Fsp3) is 0.200. The second-order valence-electron chi connectivity index (χ2n) is 5.13. The quantitative estimate of drug-likeness (QED) is 0.370. The van der Waals surface area contributed by atoms with E-state index in [0.717, 1.165) is 5.56 Å². The van der Waals surface area contributed by atoms with Crippen LogP contribution >= 0.6 is 0 Å². The maximum Gasteiger partial charge on any atom is 0.416 e. The number of halogens is 6. The molecule has 0 amide bonds. The van der Waals surface area contributed by atoms with Gasteiger partial charge in [-0.15, -0.1) is 0 Å². The normalized spacial score (nSPS) is 12.0. The minimum Gasteiger partial charge on any atom is -0.744 e. The van der Waals surface area contributed by atoms with E-state index < -0.39 is 39.3 Å². The molecule has 27 heavy (non-hydrogen) atoms. The highest BCUT2D eigenvalue weighted by Gasteiger charge is 2.38. The number of rotatable bonds is 1. The van der Waals surface area contributed by atoms with Crippen LogP contribution in [0, 0.1) is 12.3 Å². The molecule has 0 aliphatic rings. The standard InChI is InChI=1S/C8H3F6N2.C7H8O3S/c9-7(10,11)4-1-5(8(12,13)14)3-6(2-4)16-15;1-6-2-4-7(5-3-6)11(8,9)10/h1-3H;2-5H,1H3,(H,8,9,10)/q+1;/p-1. The maximum atomic E-state index is 12.2. The lowest BCUT2D eigenvalue weighted by Crippen LogP contribution is -2.10. The van der Waals surface area contributed by atoms with Gasteiger partial charge >= 0.3 is 18.0 Å². The Morgan fingerprint density at radius 2 is 1.30 bits per heavy atom. The number of hydrogen-bond donors (Lipinski definition) is 0. The summed E-state index contributed by atoms with van der Waals surface area (Å²) in [6, 6.07) is 6.37. The lowest BCUT2D eigenvalue weighted by atomic mass is 10.1. The number of aryl methyl sites for hydroxylation is 1. The summed E-state index contributed by atoms with van der Waals surface area (Å²) in [7, 11) is -4.27. The summed E-state index contributed by atoms with van der Waals surface area (Å²) in [6.07, 6.45) is -9.86. The second kappa shape index (κ2) is 7.93. The summed E-state index contributed by atoms with van der Waals surface area (Å²) < 4.78 is 104. The van der Waals surface area contributed by atoms with E-state index in [2.05, 4.69) is 4.98 Å². The van der Waals surface area contributed by atoms with Crippen LogP contribution in [0.1, 0.15) is 16.7 Å². The van der Waals surface area contributed by atoms with E-state index in [1.807, 2.05) is 6.92 Å². The van der Waals surface area contributed by atoms with Crippen LogP contribution in [-0.4, -0.2) is 13.0 Å². The van der Waals surface area contributed by atoms with Crippen molar-refractivity contribution in [2.75, 3.05) is 0 Å². The molecule has 2 aromatic carbocycles. The summed E-state index contributed by atoms with van der Waals surface area (Å²) in [4.78, 5) is 2.14. The molecule has 146 valence electrons. The fourth-order valence-electron chi connectivity index (χ4n) is 1.70. The van der Waals surface area contributed by atoms with Crippen LogP contribution in [0.2, 0.25) is 0 Å². The molecule has 0 aliphatic heterocycles. The Morgan fingerprint density at radius 1 is 0.889 bits per heavy atom. The van der Waals surface area contributed by atoms with Crippen molar-refractivity contribution in [3.8, 4) is 0 Å². The van der Waals surface area contributed by atoms with E-state index in [1.54, 1.807) is 12.1 Å². The number of alkyl halides is 6. The molecule has 2 aromatic rings. The van der Waals surface area contributed by atoms with Crippen molar-refractivity contribution < 1.29 is 39.3 Å². The van der Waals surface area contributed by atoms with E-state index in [1.165, 1.54) is 12.1 Å². The van der Waals surface area contributed by atoms with Gasteiger partial charge in [0.2, 0.25) is 5.39 Å². The predicted octanol–water partition coefficient (Wildman–Crippen LogP) is 5.11. The zero-order valence-corrected chi connectivity index (χ0v) is 14.2. The van der Waals surface area contributed by atoms with Gasteiger partial charge in [0.1, 0.15) is 10.1 Å². The Morgan fingerprint density at radius 3 is 1.59 bits per heavy atom. The van der Waals surface area contributed by atoms with Crippen LogP contribution < -0.4 is 0 Å². The van der Waals surface area contributed by atoms with E-state index >= 15 is 0 Å². The molecular weight excluding hydrogens is 402 g/mol. The van der Waals surface area contributed by atoms with Crippen LogP contribution in [0.3, 0.4) is 0 Å². The van der Waals surface area contributed by atoms with E-state index in [-0.39, 0.29) is 11.0 Å². The Hall–Kier alpha value is -2.65. The van der Waals surface area contributed by atoms with Crippen molar-refractivity contribution >= 4 is 15.8 Å². The lowest BCUT2D eigenvalue weighted by Gasteiger charge is -2.09. The van der Waals surface area contributed by atoms with Gasteiger partial charge in [-0.25, -0.2) is 8.42 Å². The highest BCUT2D eigenvalue weighted by atomic mass is 32.2. The molecule has 0 unspecified atom stereocenters. The third kappa shape index (κ3) is 6.87. The van der Waals surface area contributed by atoms with Gasteiger partial charge in [-0.2, -0.15) is 26.3 Å².